The first-order chi connectivity index (χ1) is 11.1. The standard InChI is InChI=1S/C16H18FN5O/c1-11(23)19-9-13-8-18-10-14(21-13)15-3-2-6-22(15)16-5-4-12(17)7-20-16/h4-5,7-8,10,15H,2-3,6,9H2,1H3,(H,19,23). The van der Waals surface area contributed by atoms with E-state index in [2.05, 4.69) is 25.2 Å². The minimum atomic E-state index is -0.346. The van der Waals surface area contributed by atoms with Gasteiger partial charge in [-0.25, -0.2) is 9.37 Å². The molecule has 7 heteroatoms. The zero-order valence-electron chi connectivity index (χ0n) is 12.9. The third-order valence-electron chi connectivity index (χ3n) is 3.82. The number of aromatic nitrogens is 3. The highest BCUT2D eigenvalue weighted by atomic mass is 19.1. The van der Waals surface area contributed by atoms with Crippen molar-refractivity contribution in [2.24, 2.45) is 0 Å². The monoisotopic (exact) mass is 315 g/mol. The number of nitrogens with zero attached hydrogens (tertiary/aromatic N) is 4. The van der Waals surface area contributed by atoms with Crippen molar-refractivity contribution >= 4 is 11.7 Å². The lowest BCUT2D eigenvalue weighted by atomic mass is 10.1. The Bertz CT molecular complexity index is 691. The van der Waals surface area contributed by atoms with Crippen LogP contribution in [0.25, 0.3) is 0 Å². The van der Waals surface area contributed by atoms with Crippen LogP contribution in [0.2, 0.25) is 0 Å². The first kappa shape index (κ1) is 15.3. The Hall–Kier alpha value is -2.57. The number of anilines is 1. The van der Waals surface area contributed by atoms with Gasteiger partial charge in [0.2, 0.25) is 5.91 Å². The van der Waals surface area contributed by atoms with Gasteiger partial charge in [-0.15, -0.1) is 0 Å². The Kier molecular flexibility index (Phi) is 4.45. The van der Waals surface area contributed by atoms with Gasteiger partial charge in [0.05, 0.1) is 42.6 Å². The summed E-state index contributed by atoms with van der Waals surface area (Å²) in [5.41, 5.74) is 1.56. The van der Waals surface area contributed by atoms with E-state index in [4.69, 9.17) is 0 Å². The van der Waals surface area contributed by atoms with Crippen LogP contribution in [-0.2, 0) is 11.3 Å². The highest BCUT2D eigenvalue weighted by molar-refractivity contribution is 5.72. The zero-order valence-corrected chi connectivity index (χ0v) is 12.9. The first-order valence-corrected chi connectivity index (χ1v) is 7.57. The molecule has 2 aromatic rings. The second kappa shape index (κ2) is 6.68. The second-order valence-corrected chi connectivity index (χ2v) is 5.53. The van der Waals surface area contributed by atoms with Gasteiger partial charge in [-0.05, 0) is 25.0 Å². The van der Waals surface area contributed by atoms with Crippen LogP contribution in [0.15, 0.2) is 30.7 Å². The SMILES string of the molecule is CC(=O)NCc1cncc(C2CCCN2c2ccc(F)cn2)n1. The van der Waals surface area contributed by atoms with E-state index in [0.717, 1.165) is 36.6 Å². The fourth-order valence-corrected chi connectivity index (χ4v) is 2.77. The molecule has 2 aromatic heterocycles. The van der Waals surface area contributed by atoms with Crippen LogP contribution in [0.4, 0.5) is 10.2 Å². The number of nitrogens with one attached hydrogen (secondary N) is 1. The molecule has 1 saturated heterocycles. The summed E-state index contributed by atoms with van der Waals surface area (Å²) >= 11 is 0. The summed E-state index contributed by atoms with van der Waals surface area (Å²) in [7, 11) is 0. The Morgan fingerprint density at radius 2 is 2.26 bits per heavy atom. The molecular formula is C16H18FN5O. The van der Waals surface area contributed by atoms with Crippen LogP contribution in [0.1, 0.15) is 37.2 Å². The van der Waals surface area contributed by atoms with Gasteiger partial charge in [-0.3, -0.25) is 14.8 Å². The van der Waals surface area contributed by atoms with Gasteiger partial charge in [-0.2, -0.15) is 0 Å². The molecule has 1 atom stereocenters. The van der Waals surface area contributed by atoms with Crippen molar-refractivity contribution in [3.05, 3.63) is 47.9 Å². The molecule has 1 aliphatic heterocycles. The molecule has 6 nitrogen and oxygen atoms in total. The van der Waals surface area contributed by atoms with Crippen molar-refractivity contribution < 1.29 is 9.18 Å². The maximum Gasteiger partial charge on any atom is 0.217 e. The number of pyridine rings is 1. The van der Waals surface area contributed by atoms with Gasteiger partial charge in [-0.1, -0.05) is 0 Å². The fraction of sp³-hybridized carbons (Fsp3) is 0.375. The molecule has 0 spiro atoms. The molecule has 0 bridgehead atoms. The maximum atomic E-state index is 13.1. The average molecular weight is 315 g/mol. The lowest BCUT2D eigenvalue weighted by molar-refractivity contribution is -0.119. The second-order valence-electron chi connectivity index (χ2n) is 5.53. The van der Waals surface area contributed by atoms with Crippen LogP contribution >= 0.6 is 0 Å². The Morgan fingerprint density at radius 1 is 1.39 bits per heavy atom. The Labute approximate surface area is 133 Å². The van der Waals surface area contributed by atoms with Gasteiger partial charge >= 0.3 is 0 Å². The molecule has 3 heterocycles. The molecule has 1 fully saturated rings. The summed E-state index contributed by atoms with van der Waals surface area (Å²) in [6.45, 7) is 2.68. The molecule has 0 saturated carbocycles. The van der Waals surface area contributed by atoms with Crippen LogP contribution in [-0.4, -0.2) is 27.4 Å². The van der Waals surface area contributed by atoms with E-state index in [0.29, 0.717) is 6.54 Å². The molecule has 120 valence electrons. The summed E-state index contributed by atoms with van der Waals surface area (Å²) in [6, 6.07) is 3.16. The summed E-state index contributed by atoms with van der Waals surface area (Å²) in [6.07, 6.45) is 6.57. The predicted molar refractivity (Wildman–Crippen MR) is 83.1 cm³/mol. The van der Waals surface area contributed by atoms with Crippen LogP contribution in [0, 0.1) is 5.82 Å². The molecule has 1 amide bonds. The predicted octanol–water partition coefficient (Wildman–Crippen LogP) is 1.99. The molecule has 1 N–H and O–H groups in total. The highest BCUT2D eigenvalue weighted by Crippen LogP contribution is 2.33. The summed E-state index contributed by atoms with van der Waals surface area (Å²) in [5, 5.41) is 2.72. The molecule has 1 aliphatic rings. The number of carbonyl (C=O) groups excluding carboxylic acids is 1. The third kappa shape index (κ3) is 3.61. The van der Waals surface area contributed by atoms with Crippen molar-refractivity contribution in [2.45, 2.75) is 32.4 Å². The van der Waals surface area contributed by atoms with Crippen molar-refractivity contribution in [3.8, 4) is 0 Å². The molecule has 1 unspecified atom stereocenters. The lowest BCUT2D eigenvalue weighted by Crippen LogP contribution is -2.25. The van der Waals surface area contributed by atoms with E-state index < -0.39 is 0 Å². The topological polar surface area (TPSA) is 71.0 Å². The highest BCUT2D eigenvalue weighted by Gasteiger charge is 2.28. The minimum absolute atomic E-state index is 0.0674. The number of halogens is 1. The minimum Gasteiger partial charge on any atom is -0.351 e. The number of rotatable bonds is 4. The Morgan fingerprint density at radius 3 is 3.00 bits per heavy atom. The van der Waals surface area contributed by atoms with Crippen molar-refractivity contribution in [2.75, 3.05) is 11.4 Å². The van der Waals surface area contributed by atoms with Gasteiger partial charge in [0.25, 0.3) is 0 Å². The summed E-state index contributed by atoms with van der Waals surface area (Å²) in [5.74, 6) is 0.291. The molecule has 0 radical (unpaired) electrons. The van der Waals surface area contributed by atoms with E-state index in [1.807, 2.05) is 0 Å². The lowest BCUT2D eigenvalue weighted by Gasteiger charge is -2.25. The van der Waals surface area contributed by atoms with Crippen LogP contribution in [0.5, 0.6) is 0 Å². The van der Waals surface area contributed by atoms with Gasteiger partial charge in [0.1, 0.15) is 11.6 Å². The van der Waals surface area contributed by atoms with E-state index in [-0.39, 0.29) is 17.8 Å². The van der Waals surface area contributed by atoms with E-state index in [1.165, 1.54) is 19.2 Å². The van der Waals surface area contributed by atoms with Crippen molar-refractivity contribution in [3.63, 3.8) is 0 Å². The smallest absolute Gasteiger partial charge is 0.217 e. The van der Waals surface area contributed by atoms with Crippen molar-refractivity contribution in [1.82, 2.24) is 20.3 Å². The van der Waals surface area contributed by atoms with E-state index >= 15 is 0 Å². The van der Waals surface area contributed by atoms with E-state index in [9.17, 15) is 9.18 Å². The molecule has 3 rings (SSSR count). The quantitative estimate of drug-likeness (QED) is 0.934. The molecular weight excluding hydrogens is 297 g/mol. The number of amides is 1. The first-order valence-electron chi connectivity index (χ1n) is 7.57. The fourth-order valence-electron chi connectivity index (χ4n) is 2.77. The number of hydrogen-bond donors (Lipinski definition) is 1. The number of carbonyl (C=O) groups is 1. The average Bonchev–Trinajstić information content (AvgIpc) is 3.03. The van der Waals surface area contributed by atoms with Crippen LogP contribution < -0.4 is 10.2 Å². The van der Waals surface area contributed by atoms with Gasteiger partial charge in [0.15, 0.2) is 0 Å². The molecule has 0 aromatic carbocycles. The summed E-state index contributed by atoms with van der Waals surface area (Å²) in [4.78, 5) is 26.1. The van der Waals surface area contributed by atoms with Crippen molar-refractivity contribution in [1.29, 1.82) is 0 Å². The Balaban J connectivity index is 1.80. The maximum absolute atomic E-state index is 13.1. The molecule has 0 aliphatic carbocycles. The van der Waals surface area contributed by atoms with Crippen LogP contribution in [0.3, 0.4) is 0 Å². The van der Waals surface area contributed by atoms with Gasteiger partial charge < -0.3 is 10.2 Å². The normalized spacial score (nSPS) is 17.3. The van der Waals surface area contributed by atoms with Gasteiger partial charge in [0, 0.05) is 13.5 Å². The summed E-state index contributed by atoms with van der Waals surface area (Å²) < 4.78 is 13.1. The molecule has 23 heavy (non-hydrogen) atoms. The van der Waals surface area contributed by atoms with E-state index in [1.54, 1.807) is 18.5 Å². The third-order valence-corrected chi connectivity index (χ3v) is 3.82. The largest absolute Gasteiger partial charge is 0.351 e. The zero-order chi connectivity index (χ0) is 16.2. The number of hydrogen-bond acceptors (Lipinski definition) is 5.